The number of nitrogens with zero attached hydrogens (tertiary/aromatic N) is 1. The second-order valence-corrected chi connectivity index (χ2v) is 5.59. The van der Waals surface area contributed by atoms with Crippen molar-refractivity contribution in [3.8, 4) is 11.8 Å². The lowest BCUT2D eigenvalue weighted by Gasteiger charge is -2.21. The Morgan fingerprint density at radius 2 is 1.83 bits per heavy atom. The van der Waals surface area contributed by atoms with E-state index in [0.717, 1.165) is 5.75 Å². The molecule has 1 N–H and O–H groups in total. The van der Waals surface area contributed by atoms with Gasteiger partial charge in [-0.3, -0.25) is 4.79 Å². The van der Waals surface area contributed by atoms with Crippen LogP contribution in [0.5, 0.6) is 5.75 Å². The summed E-state index contributed by atoms with van der Waals surface area (Å²) in [5, 5.41) is 12.8. The number of ether oxygens (including phenoxy) is 1. The van der Waals surface area contributed by atoms with Crippen molar-refractivity contribution in [2.75, 3.05) is 11.9 Å². The van der Waals surface area contributed by atoms with Gasteiger partial charge in [-0.15, -0.1) is 0 Å². The molecule has 0 aliphatic rings. The number of carbonyl (C=O) groups is 1. The van der Waals surface area contributed by atoms with E-state index in [1.807, 2.05) is 6.92 Å². The Bertz CT molecular complexity index is 720. The average molecular weight is 329 g/mol. The van der Waals surface area contributed by atoms with Gasteiger partial charge in [0.1, 0.15) is 5.75 Å². The molecule has 4 nitrogen and oxygen atoms in total. The molecule has 2 aromatic carbocycles. The second kappa shape index (κ2) is 7.17. The number of nitrogens with one attached hydrogen (secondary N) is 1. The second-order valence-electron chi connectivity index (χ2n) is 5.16. The first kappa shape index (κ1) is 16.9. The maximum absolute atomic E-state index is 12.6. The smallest absolute Gasteiger partial charge is 0.249 e. The Kier molecular flexibility index (Phi) is 5.25. The van der Waals surface area contributed by atoms with E-state index in [1.165, 1.54) is 0 Å². The summed E-state index contributed by atoms with van der Waals surface area (Å²) in [6.07, 6.45) is 0. The highest BCUT2D eigenvalue weighted by Crippen LogP contribution is 2.27. The molecule has 118 valence electrons. The van der Waals surface area contributed by atoms with E-state index in [9.17, 15) is 10.1 Å². The number of carbonyl (C=O) groups excluding carboxylic acids is 1. The molecule has 0 unspecified atom stereocenters. The van der Waals surface area contributed by atoms with Crippen LogP contribution in [-0.4, -0.2) is 12.5 Å². The molecule has 2 rings (SSSR count). The first-order chi connectivity index (χ1) is 11.0. The molecule has 0 heterocycles. The molecule has 0 radical (unpaired) electrons. The Morgan fingerprint density at radius 3 is 2.35 bits per heavy atom. The molecule has 1 atom stereocenters. The van der Waals surface area contributed by atoms with Gasteiger partial charge >= 0.3 is 0 Å². The zero-order chi connectivity index (χ0) is 16.9. The highest BCUT2D eigenvalue weighted by molar-refractivity contribution is 6.30. The third kappa shape index (κ3) is 3.82. The van der Waals surface area contributed by atoms with Crippen LogP contribution in [0.25, 0.3) is 0 Å². The lowest BCUT2D eigenvalue weighted by Crippen LogP contribution is -2.36. The van der Waals surface area contributed by atoms with Gasteiger partial charge in [0.05, 0.1) is 12.7 Å². The molecule has 0 aliphatic carbocycles. The van der Waals surface area contributed by atoms with Gasteiger partial charge in [0.25, 0.3) is 0 Å². The van der Waals surface area contributed by atoms with E-state index >= 15 is 0 Å². The van der Waals surface area contributed by atoms with Crippen molar-refractivity contribution in [2.24, 2.45) is 0 Å². The molecule has 0 fully saturated rings. The van der Waals surface area contributed by atoms with E-state index in [-0.39, 0.29) is 0 Å². The molecule has 0 bridgehead atoms. The highest BCUT2D eigenvalue weighted by atomic mass is 35.5. The van der Waals surface area contributed by atoms with Crippen molar-refractivity contribution in [3.05, 3.63) is 59.1 Å². The molecule has 23 heavy (non-hydrogen) atoms. The summed E-state index contributed by atoms with van der Waals surface area (Å²) in [5.74, 6) is 0.331. The van der Waals surface area contributed by atoms with Crippen LogP contribution in [0.2, 0.25) is 5.02 Å². The van der Waals surface area contributed by atoms with Crippen molar-refractivity contribution in [3.63, 3.8) is 0 Å². The van der Waals surface area contributed by atoms with Crippen molar-refractivity contribution >= 4 is 23.2 Å². The third-order valence-electron chi connectivity index (χ3n) is 3.52. The fourth-order valence-corrected chi connectivity index (χ4v) is 2.21. The zero-order valence-electron chi connectivity index (χ0n) is 13.0. The van der Waals surface area contributed by atoms with Gasteiger partial charge in [-0.2, -0.15) is 5.26 Å². The minimum atomic E-state index is -1.30. The number of nitriles is 1. The van der Waals surface area contributed by atoms with Crippen LogP contribution in [0.4, 0.5) is 5.69 Å². The van der Waals surface area contributed by atoms with Gasteiger partial charge in [-0.05, 0) is 55.8 Å². The summed E-state index contributed by atoms with van der Waals surface area (Å²) in [6.45, 7) is 4.06. The summed E-state index contributed by atoms with van der Waals surface area (Å²) in [6, 6.07) is 15.8. The van der Waals surface area contributed by atoms with Crippen LogP contribution in [-0.2, 0) is 10.2 Å². The molecule has 1 amide bonds. The minimum Gasteiger partial charge on any atom is -0.494 e. The van der Waals surface area contributed by atoms with Crippen LogP contribution in [0, 0.1) is 11.3 Å². The van der Waals surface area contributed by atoms with Gasteiger partial charge < -0.3 is 10.1 Å². The number of halogens is 1. The van der Waals surface area contributed by atoms with Crippen molar-refractivity contribution < 1.29 is 9.53 Å². The topological polar surface area (TPSA) is 62.1 Å². The zero-order valence-corrected chi connectivity index (χ0v) is 13.7. The molecule has 0 aliphatic heterocycles. The first-order valence-corrected chi connectivity index (χ1v) is 7.59. The van der Waals surface area contributed by atoms with Gasteiger partial charge in [-0.25, -0.2) is 0 Å². The molecular weight excluding hydrogens is 312 g/mol. The largest absolute Gasteiger partial charge is 0.494 e. The van der Waals surface area contributed by atoms with E-state index in [0.29, 0.717) is 22.9 Å². The molecule has 0 saturated carbocycles. The van der Waals surface area contributed by atoms with Crippen molar-refractivity contribution in [1.29, 1.82) is 5.26 Å². The predicted octanol–water partition coefficient (Wildman–Crippen LogP) is 4.16. The maximum Gasteiger partial charge on any atom is 0.249 e. The van der Waals surface area contributed by atoms with Crippen LogP contribution in [0.1, 0.15) is 19.4 Å². The Hall–Kier alpha value is -2.51. The number of hydrogen-bond acceptors (Lipinski definition) is 3. The van der Waals surface area contributed by atoms with Gasteiger partial charge in [0.15, 0.2) is 5.41 Å². The van der Waals surface area contributed by atoms with Crippen LogP contribution >= 0.6 is 11.6 Å². The molecule has 2 aromatic rings. The third-order valence-corrected chi connectivity index (χ3v) is 3.77. The van der Waals surface area contributed by atoms with Crippen LogP contribution in [0.3, 0.4) is 0 Å². The maximum atomic E-state index is 12.6. The molecular formula is C18H17ClN2O2. The summed E-state index contributed by atoms with van der Waals surface area (Å²) in [4.78, 5) is 12.6. The van der Waals surface area contributed by atoms with Crippen LogP contribution < -0.4 is 10.1 Å². The molecule has 5 heteroatoms. The number of rotatable bonds is 5. The number of benzene rings is 2. The molecule has 0 saturated heterocycles. The SMILES string of the molecule is CCOc1ccc(NC(=O)[C@@](C)(C#N)c2ccc(Cl)cc2)cc1. The normalized spacial score (nSPS) is 12.8. The fraction of sp³-hybridized carbons (Fsp3) is 0.222. The number of anilines is 1. The Morgan fingerprint density at radius 1 is 1.22 bits per heavy atom. The number of hydrogen-bond donors (Lipinski definition) is 1. The Labute approximate surface area is 140 Å². The average Bonchev–Trinajstić information content (AvgIpc) is 2.56. The van der Waals surface area contributed by atoms with Gasteiger partial charge in [0, 0.05) is 10.7 Å². The number of amides is 1. The first-order valence-electron chi connectivity index (χ1n) is 7.21. The minimum absolute atomic E-state index is 0.397. The summed E-state index contributed by atoms with van der Waals surface area (Å²) >= 11 is 5.86. The summed E-state index contributed by atoms with van der Waals surface area (Å²) in [7, 11) is 0. The van der Waals surface area contributed by atoms with Crippen LogP contribution in [0.15, 0.2) is 48.5 Å². The predicted molar refractivity (Wildman–Crippen MR) is 90.7 cm³/mol. The summed E-state index contributed by atoms with van der Waals surface area (Å²) in [5.41, 5.74) is -0.106. The molecule has 0 spiro atoms. The quantitative estimate of drug-likeness (QED) is 0.896. The lowest BCUT2D eigenvalue weighted by molar-refractivity contribution is -0.119. The van der Waals surface area contributed by atoms with Gasteiger partial charge in [0.2, 0.25) is 5.91 Å². The molecule has 0 aromatic heterocycles. The fourth-order valence-electron chi connectivity index (χ4n) is 2.09. The van der Waals surface area contributed by atoms with E-state index in [4.69, 9.17) is 16.3 Å². The van der Waals surface area contributed by atoms with Gasteiger partial charge in [-0.1, -0.05) is 23.7 Å². The Balaban J connectivity index is 2.19. The highest BCUT2D eigenvalue weighted by Gasteiger charge is 2.35. The monoisotopic (exact) mass is 328 g/mol. The van der Waals surface area contributed by atoms with E-state index < -0.39 is 11.3 Å². The van der Waals surface area contributed by atoms with E-state index in [2.05, 4.69) is 11.4 Å². The lowest BCUT2D eigenvalue weighted by atomic mass is 9.83. The van der Waals surface area contributed by atoms with Crippen molar-refractivity contribution in [1.82, 2.24) is 0 Å². The van der Waals surface area contributed by atoms with E-state index in [1.54, 1.807) is 55.5 Å². The van der Waals surface area contributed by atoms with Crippen molar-refractivity contribution in [2.45, 2.75) is 19.3 Å². The summed E-state index contributed by atoms with van der Waals surface area (Å²) < 4.78 is 5.36. The standard InChI is InChI=1S/C18H17ClN2O2/c1-3-23-16-10-8-15(9-11-16)21-17(22)18(2,12-20)13-4-6-14(19)7-5-13/h4-11H,3H2,1-2H3,(H,21,22)/t18-/m0/s1.